The van der Waals surface area contributed by atoms with E-state index in [1.807, 2.05) is 0 Å². The molecule has 0 aliphatic heterocycles. The Hall–Kier alpha value is -2.25. The summed E-state index contributed by atoms with van der Waals surface area (Å²) in [5, 5.41) is 33.5. The summed E-state index contributed by atoms with van der Waals surface area (Å²) >= 11 is 0. The number of aliphatic hydroxyl groups excluding tert-OH is 1. The third kappa shape index (κ3) is 4.45. The molecular formula is C13H16O7. The third-order valence-corrected chi connectivity index (χ3v) is 2.60. The highest BCUT2D eigenvalue weighted by Gasteiger charge is 2.48. The Labute approximate surface area is 115 Å². The predicted molar refractivity (Wildman–Crippen MR) is 68.2 cm³/mol. The molecule has 0 radical (unpaired) electrons. The molecule has 0 saturated carbocycles. The van der Waals surface area contributed by atoms with E-state index in [0.29, 0.717) is 0 Å². The van der Waals surface area contributed by atoms with Crippen molar-refractivity contribution < 1.29 is 34.8 Å². The molecule has 7 nitrogen and oxygen atoms in total. The van der Waals surface area contributed by atoms with Crippen molar-refractivity contribution in [2.45, 2.75) is 25.6 Å². The average molecular weight is 284 g/mol. The van der Waals surface area contributed by atoms with Gasteiger partial charge in [-0.2, -0.15) is 0 Å². The molecular weight excluding hydrogens is 268 g/mol. The van der Waals surface area contributed by atoms with Crippen molar-refractivity contribution in [1.29, 1.82) is 0 Å². The highest BCUT2D eigenvalue weighted by Crippen LogP contribution is 2.08. The summed E-state index contributed by atoms with van der Waals surface area (Å²) in [6.45, 7) is 4.24. The van der Waals surface area contributed by atoms with Crippen molar-refractivity contribution >= 4 is 18.2 Å². The number of aryl methyl sites for hydroxylation is 2. The zero-order valence-corrected chi connectivity index (χ0v) is 11.0. The van der Waals surface area contributed by atoms with Crippen LogP contribution in [0.2, 0.25) is 0 Å². The minimum atomic E-state index is -3.29. The summed E-state index contributed by atoms with van der Waals surface area (Å²) in [5.41, 5.74) is -0.550. The Kier molecular flexibility index (Phi) is 6.54. The molecule has 1 aromatic carbocycles. The predicted octanol–water partition coefficient (Wildman–Crippen LogP) is -0.250. The van der Waals surface area contributed by atoms with Crippen molar-refractivity contribution in [3.05, 3.63) is 35.4 Å². The van der Waals surface area contributed by atoms with Gasteiger partial charge in [0, 0.05) is 0 Å². The van der Waals surface area contributed by atoms with E-state index >= 15 is 0 Å². The molecule has 4 N–H and O–H groups in total. The van der Waals surface area contributed by atoms with Crippen LogP contribution in [0.15, 0.2) is 24.3 Å². The van der Waals surface area contributed by atoms with Gasteiger partial charge >= 0.3 is 11.9 Å². The van der Waals surface area contributed by atoms with E-state index in [2.05, 4.69) is 38.1 Å². The number of hydrogen-bond acceptors (Lipinski definition) is 5. The van der Waals surface area contributed by atoms with Gasteiger partial charge in [-0.05, 0) is 25.0 Å². The summed E-state index contributed by atoms with van der Waals surface area (Å²) in [7, 11) is 0. The molecule has 2 unspecified atom stereocenters. The first-order valence-corrected chi connectivity index (χ1v) is 5.52. The van der Waals surface area contributed by atoms with Gasteiger partial charge in [-0.1, -0.05) is 24.3 Å². The number of carbonyl (C=O) groups is 3. The van der Waals surface area contributed by atoms with Crippen LogP contribution in [0, 0.1) is 13.8 Å². The van der Waals surface area contributed by atoms with E-state index in [0.717, 1.165) is 0 Å². The van der Waals surface area contributed by atoms with E-state index in [-0.39, 0.29) is 0 Å². The minimum Gasteiger partial charge on any atom is -0.479 e. The van der Waals surface area contributed by atoms with Crippen LogP contribution in [-0.4, -0.2) is 50.4 Å². The van der Waals surface area contributed by atoms with Crippen LogP contribution in [0.5, 0.6) is 0 Å². The maximum absolute atomic E-state index is 10.1. The van der Waals surface area contributed by atoms with Gasteiger partial charge in [0.15, 0.2) is 12.4 Å². The quantitative estimate of drug-likeness (QED) is 0.442. The summed E-state index contributed by atoms with van der Waals surface area (Å²) in [5.74, 6) is -4.11. The highest BCUT2D eigenvalue weighted by molar-refractivity contribution is 6.01. The van der Waals surface area contributed by atoms with Gasteiger partial charge in [0.05, 0.1) is 0 Å². The first kappa shape index (κ1) is 17.8. The number of aliphatic carboxylic acids is 2. The molecule has 0 aliphatic rings. The molecule has 7 heteroatoms. The topological polar surface area (TPSA) is 132 Å². The Morgan fingerprint density at radius 3 is 1.70 bits per heavy atom. The fraction of sp³-hybridized carbons (Fsp3) is 0.308. The van der Waals surface area contributed by atoms with Gasteiger partial charge in [0.2, 0.25) is 0 Å². The smallest absolute Gasteiger partial charge is 0.346 e. The highest BCUT2D eigenvalue weighted by atomic mass is 16.4. The molecule has 0 saturated heterocycles. The van der Waals surface area contributed by atoms with E-state index < -0.39 is 29.9 Å². The minimum absolute atomic E-state index is 0.547. The fourth-order valence-electron chi connectivity index (χ4n) is 1.08. The third-order valence-electron chi connectivity index (χ3n) is 2.60. The monoisotopic (exact) mass is 284 g/mol. The molecule has 0 fully saturated rings. The van der Waals surface area contributed by atoms with Crippen molar-refractivity contribution in [3.63, 3.8) is 0 Å². The number of carboxylic acid groups (broad SMARTS) is 2. The van der Waals surface area contributed by atoms with E-state index in [1.54, 1.807) is 0 Å². The zero-order valence-electron chi connectivity index (χ0n) is 11.0. The van der Waals surface area contributed by atoms with E-state index in [1.165, 1.54) is 11.1 Å². The van der Waals surface area contributed by atoms with Gasteiger partial charge in [0.25, 0.3) is 5.60 Å². The Balaban J connectivity index is 0.000000388. The number of aldehydes is 1. The molecule has 1 rings (SSSR count). The SMILES string of the molecule is Cc1ccccc1C.O=CC(O)(C(=O)O)C(O)C(=O)O. The zero-order chi connectivity index (χ0) is 15.9. The van der Waals surface area contributed by atoms with Gasteiger partial charge in [0.1, 0.15) is 0 Å². The maximum atomic E-state index is 10.1. The second-order valence-electron chi connectivity index (χ2n) is 4.07. The lowest BCUT2D eigenvalue weighted by Crippen LogP contribution is -2.54. The van der Waals surface area contributed by atoms with Gasteiger partial charge in [-0.3, -0.25) is 4.79 Å². The number of hydrogen-bond donors (Lipinski definition) is 4. The number of carboxylic acids is 2. The van der Waals surface area contributed by atoms with Crippen LogP contribution in [0.25, 0.3) is 0 Å². The standard InChI is InChI=1S/C8H10.C5H6O7/c1-7-5-3-4-6-8(7)2;6-1-5(12,4(10)11)2(7)3(8)9/h3-6H,1-2H3;1-2,7,12H,(H,8,9)(H,10,11). The molecule has 110 valence electrons. The first-order valence-electron chi connectivity index (χ1n) is 5.52. The fourth-order valence-corrected chi connectivity index (χ4v) is 1.08. The van der Waals surface area contributed by atoms with Crippen LogP contribution >= 0.6 is 0 Å². The van der Waals surface area contributed by atoms with Gasteiger partial charge in [-0.25, -0.2) is 9.59 Å². The van der Waals surface area contributed by atoms with Crippen molar-refractivity contribution in [3.8, 4) is 0 Å². The molecule has 0 aliphatic carbocycles. The average Bonchev–Trinajstić information content (AvgIpc) is 2.40. The molecule has 20 heavy (non-hydrogen) atoms. The molecule has 1 aromatic rings. The lowest BCUT2D eigenvalue weighted by Gasteiger charge is -2.18. The summed E-state index contributed by atoms with van der Waals surface area (Å²) in [4.78, 5) is 30.0. The van der Waals surface area contributed by atoms with Crippen LogP contribution < -0.4 is 0 Å². The summed E-state index contributed by atoms with van der Waals surface area (Å²) in [6, 6.07) is 8.36. The maximum Gasteiger partial charge on any atom is 0.346 e. The Morgan fingerprint density at radius 1 is 1.15 bits per heavy atom. The number of benzene rings is 1. The molecule has 0 heterocycles. The Morgan fingerprint density at radius 2 is 1.55 bits per heavy atom. The number of aliphatic hydroxyl groups is 2. The lowest BCUT2D eigenvalue weighted by molar-refractivity contribution is -0.182. The first-order chi connectivity index (χ1) is 9.16. The molecule has 2 atom stereocenters. The Bertz CT molecular complexity index is 476. The largest absolute Gasteiger partial charge is 0.479 e. The number of rotatable bonds is 4. The van der Waals surface area contributed by atoms with Crippen LogP contribution in [0.3, 0.4) is 0 Å². The van der Waals surface area contributed by atoms with Crippen LogP contribution in [-0.2, 0) is 14.4 Å². The number of carbonyl (C=O) groups excluding carboxylic acids is 1. The van der Waals surface area contributed by atoms with Crippen LogP contribution in [0.4, 0.5) is 0 Å². The van der Waals surface area contributed by atoms with Crippen molar-refractivity contribution in [1.82, 2.24) is 0 Å². The second-order valence-corrected chi connectivity index (χ2v) is 4.07. The summed E-state index contributed by atoms with van der Waals surface area (Å²) in [6.07, 6.45) is -3.22. The van der Waals surface area contributed by atoms with Gasteiger partial charge < -0.3 is 20.4 Å². The molecule has 0 spiro atoms. The van der Waals surface area contributed by atoms with Crippen LogP contribution in [0.1, 0.15) is 11.1 Å². The van der Waals surface area contributed by atoms with Crippen molar-refractivity contribution in [2.24, 2.45) is 0 Å². The lowest BCUT2D eigenvalue weighted by atomic mass is 9.99. The van der Waals surface area contributed by atoms with Crippen molar-refractivity contribution in [2.75, 3.05) is 0 Å². The molecule has 0 aromatic heterocycles. The molecule has 0 bridgehead atoms. The van der Waals surface area contributed by atoms with E-state index in [4.69, 9.17) is 20.4 Å². The van der Waals surface area contributed by atoms with E-state index in [9.17, 15) is 14.4 Å². The normalized spacial score (nSPS) is 14.2. The second kappa shape index (κ2) is 7.37. The molecule has 0 amide bonds. The summed E-state index contributed by atoms with van der Waals surface area (Å²) < 4.78 is 0. The van der Waals surface area contributed by atoms with Gasteiger partial charge in [-0.15, -0.1) is 0 Å².